The van der Waals surface area contributed by atoms with E-state index in [1.54, 1.807) is 25.4 Å². The van der Waals surface area contributed by atoms with Crippen LogP contribution in [0.2, 0.25) is 0 Å². The molecule has 0 fully saturated rings. The molecule has 0 aliphatic carbocycles. The predicted molar refractivity (Wildman–Crippen MR) is 65.7 cm³/mol. The topological polar surface area (TPSA) is 83.6 Å². The summed E-state index contributed by atoms with van der Waals surface area (Å²) in [5, 5.41) is 8.76. The Hall–Kier alpha value is -2.63. The Balaban J connectivity index is 2.08. The maximum absolute atomic E-state index is 12.0. The molecule has 0 atom stereocenters. The number of nitrogens with zero attached hydrogens (tertiary/aromatic N) is 2. The molecular weight excluding hydrogens is 248 g/mol. The molecule has 0 radical (unpaired) electrons. The van der Waals surface area contributed by atoms with Crippen molar-refractivity contribution in [3.05, 3.63) is 53.7 Å². The fraction of sp³-hybridized carbons (Fsp3) is 0.154. The van der Waals surface area contributed by atoms with Crippen LogP contribution in [-0.2, 0) is 6.54 Å². The molecule has 2 heterocycles. The number of pyridine rings is 1. The van der Waals surface area contributed by atoms with Gasteiger partial charge in [0.2, 0.25) is 0 Å². The van der Waals surface area contributed by atoms with Crippen LogP contribution in [0.15, 0.2) is 41.1 Å². The van der Waals surface area contributed by atoms with E-state index in [2.05, 4.69) is 4.98 Å². The maximum atomic E-state index is 12.0. The zero-order valence-electron chi connectivity index (χ0n) is 10.2. The van der Waals surface area contributed by atoms with E-state index in [0.717, 1.165) is 12.0 Å². The number of furan rings is 1. The van der Waals surface area contributed by atoms with E-state index in [4.69, 9.17) is 9.52 Å². The highest BCUT2D eigenvalue weighted by molar-refractivity contribution is 5.95. The van der Waals surface area contributed by atoms with E-state index in [0.29, 0.717) is 6.54 Å². The second kappa shape index (κ2) is 5.34. The quantitative estimate of drug-likeness (QED) is 0.903. The summed E-state index contributed by atoms with van der Waals surface area (Å²) >= 11 is 0. The number of aromatic nitrogens is 1. The molecule has 0 saturated heterocycles. The molecule has 19 heavy (non-hydrogen) atoms. The van der Waals surface area contributed by atoms with Crippen molar-refractivity contribution >= 4 is 11.9 Å². The van der Waals surface area contributed by atoms with Gasteiger partial charge in [0.1, 0.15) is 6.26 Å². The zero-order valence-corrected chi connectivity index (χ0v) is 10.2. The molecule has 0 bridgehead atoms. The number of hydrogen-bond acceptors (Lipinski definition) is 4. The van der Waals surface area contributed by atoms with Crippen LogP contribution < -0.4 is 0 Å². The number of carbonyl (C=O) groups is 2. The second-order valence-corrected chi connectivity index (χ2v) is 3.99. The number of hydrogen-bond donors (Lipinski definition) is 1. The molecule has 0 aliphatic heterocycles. The summed E-state index contributed by atoms with van der Waals surface area (Å²) in [6, 6.07) is 6.63. The molecule has 0 aliphatic rings. The number of rotatable bonds is 4. The van der Waals surface area contributed by atoms with Gasteiger partial charge in [0.25, 0.3) is 5.91 Å². The fourth-order valence-corrected chi connectivity index (χ4v) is 1.56. The maximum Gasteiger partial charge on any atom is 0.338 e. The number of carboxylic acids is 1. The number of aromatic carboxylic acids is 1. The van der Waals surface area contributed by atoms with Gasteiger partial charge in [-0.15, -0.1) is 0 Å². The molecule has 6 nitrogen and oxygen atoms in total. The molecular formula is C13H12N2O4. The Labute approximate surface area is 109 Å². The molecule has 1 amide bonds. The van der Waals surface area contributed by atoms with Gasteiger partial charge in [0.05, 0.1) is 17.8 Å². The lowest BCUT2D eigenvalue weighted by molar-refractivity contribution is 0.0695. The molecule has 6 heteroatoms. The normalized spacial score (nSPS) is 10.2. The van der Waals surface area contributed by atoms with E-state index < -0.39 is 11.9 Å². The van der Waals surface area contributed by atoms with Gasteiger partial charge in [-0.05, 0) is 12.1 Å². The molecule has 0 unspecified atom stereocenters. The van der Waals surface area contributed by atoms with Gasteiger partial charge in [-0.3, -0.25) is 9.78 Å². The van der Waals surface area contributed by atoms with E-state index in [1.807, 2.05) is 6.07 Å². The summed E-state index contributed by atoms with van der Waals surface area (Å²) in [4.78, 5) is 28.2. The summed E-state index contributed by atoms with van der Waals surface area (Å²) in [5.74, 6) is -1.52. The first-order valence-corrected chi connectivity index (χ1v) is 5.55. The SMILES string of the molecule is CN(Cc1ccccn1)C(=O)c1cc(C(=O)O)co1. The van der Waals surface area contributed by atoms with Crippen LogP contribution in [0, 0.1) is 0 Å². The molecule has 2 aromatic heterocycles. The van der Waals surface area contributed by atoms with Crippen LogP contribution in [0.3, 0.4) is 0 Å². The Kier molecular flexibility index (Phi) is 3.61. The number of carbonyl (C=O) groups excluding carboxylic acids is 1. The lowest BCUT2D eigenvalue weighted by Crippen LogP contribution is -2.26. The molecule has 0 spiro atoms. The first-order valence-electron chi connectivity index (χ1n) is 5.55. The lowest BCUT2D eigenvalue weighted by atomic mass is 10.3. The zero-order chi connectivity index (χ0) is 13.8. The molecule has 0 aromatic carbocycles. The highest BCUT2D eigenvalue weighted by atomic mass is 16.4. The highest BCUT2D eigenvalue weighted by Crippen LogP contribution is 2.11. The van der Waals surface area contributed by atoms with Crippen molar-refractivity contribution in [1.82, 2.24) is 9.88 Å². The van der Waals surface area contributed by atoms with Crippen LogP contribution in [-0.4, -0.2) is 33.9 Å². The third-order valence-electron chi connectivity index (χ3n) is 2.53. The number of amides is 1. The van der Waals surface area contributed by atoms with Gasteiger partial charge in [-0.1, -0.05) is 6.07 Å². The van der Waals surface area contributed by atoms with Gasteiger partial charge in [-0.25, -0.2) is 4.79 Å². The van der Waals surface area contributed by atoms with E-state index in [-0.39, 0.29) is 11.3 Å². The van der Waals surface area contributed by atoms with E-state index in [1.165, 1.54) is 11.0 Å². The van der Waals surface area contributed by atoms with Gasteiger partial charge < -0.3 is 14.4 Å². The third-order valence-corrected chi connectivity index (χ3v) is 2.53. The number of carboxylic acid groups (broad SMARTS) is 1. The summed E-state index contributed by atoms with van der Waals surface area (Å²) in [6.45, 7) is 0.322. The minimum absolute atomic E-state index is 0.00386. The van der Waals surface area contributed by atoms with Crippen molar-refractivity contribution in [1.29, 1.82) is 0 Å². The molecule has 2 rings (SSSR count). The van der Waals surface area contributed by atoms with E-state index in [9.17, 15) is 9.59 Å². The van der Waals surface area contributed by atoms with Gasteiger partial charge in [-0.2, -0.15) is 0 Å². The standard InChI is InChI=1S/C13H12N2O4/c1-15(7-10-4-2-3-5-14-10)12(16)11-6-9(8-19-11)13(17)18/h2-6,8H,7H2,1H3,(H,17,18). The molecule has 1 N–H and O–H groups in total. The van der Waals surface area contributed by atoms with Crippen molar-refractivity contribution < 1.29 is 19.1 Å². The Morgan fingerprint density at radius 2 is 2.21 bits per heavy atom. The Morgan fingerprint density at radius 3 is 2.79 bits per heavy atom. The van der Waals surface area contributed by atoms with Crippen molar-refractivity contribution in [3.63, 3.8) is 0 Å². The van der Waals surface area contributed by atoms with Crippen LogP contribution in [0.25, 0.3) is 0 Å². The van der Waals surface area contributed by atoms with Crippen molar-refractivity contribution in [3.8, 4) is 0 Å². The predicted octanol–water partition coefficient (Wildman–Crippen LogP) is 1.65. The van der Waals surface area contributed by atoms with Gasteiger partial charge in [0.15, 0.2) is 5.76 Å². The third kappa shape index (κ3) is 2.98. The van der Waals surface area contributed by atoms with Crippen molar-refractivity contribution in [2.45, 2.75) is 6.54 Å². The first-order chi connectivity index (χ1) is 9.08. The largest absolute Gasteiger partial charge is 0.478 e. The summed E-state index contributed by atoms with van der Waals surface area (Å²) < 4.78 is 4.95. The minimum atomic E-state index is -1.13. The van der Waals surface area contributed by atoms with Crippen LogP contribution >= 0.6 is 0 Å². The minimum Gasteiger partial charge on any atom is -0.478 e. The Morgan fingerprint density at radius 1 is 1.42 bits per heavy atom. The smallest absolute Gasteiger partial charge is 0.338 e. The fourth-order valence-electron chi connectivity index (χ4n) is 1.56. The lowest BCUT2D eigenvalue weighted by Gasteiger charge is -2.14. The van der Waals surface area contributed by atoms with E-state index >= 15 is 0 Å². The van der Waals surface area contributed by atoms with Crippen molar-refractivity contribution in [2.75, 3.05) is 7.05 Å². The molecule has 0 saturated carbocycles. The molecule has 98 valence electrons. The molecule has 2 aromatic rings. The first kappa shape index (κ1) is 12.8. The average Bonchev–Trinajstić information content (AvgIpc) is 2.88. The highest BCUT2D eigenvalue weighted by Gasteiger charge is 2.18. The van der Waals surface area contributed by atoms with Crippen LogP contribution in [0.5, 0.6) is 0 Å². The Bertz CT molecular complexity index is 592. The summed E-state index contributed by atoms with van der Waals surface area (Å²) in [7, 11) is 1.60. The average molecular weight is 260 g/mol. The van der Waals surface area contributed by atoms with Gasteiger partial charge in [0, 0.05) is 19.3 Å². The summed E-state index contributed by atoms with van der Waals surface area (Å²) in [5.41, 5.74) is 0.693. The van der Waals surface area contributed by atoms with Crippen molar-refractivity contribution in [2.24, 2.45) is 0 Å². The van der Waals surface area contributed by atoms with Crippen LogP contribution in [0.4, 0.5) is 0 Å². The van der Waals surface area contributed by atoms with Gasteiger partial charge >= 0.3 is 5.97 Å². The second-order valence-electron chi connectivity index (χ2n) is 3.99. The van der Waals surface area contributed by atoms with Crippen LogP contribution in [0.1, 0.15) is 26.6 Å². The monoisotopic (exact) mass is 260 g/mol. The summed E-state index contributed by atoms with van der Waals surface area (Å²) in [6.07, 6.45) is 2.69.